The lowest BCUT2D eigenvalue weighted by Gasteiger charge is -2.27. The van der Waals surface area contributed by atoms with Gasteiger partial charge in [0.15, 0.2) is 0 Å². The zero-order valence-electron chi connectivity index (χ0n) is 32.2. The first-order valence-electron chi connectivity index (χ1n) is 19.0. The zero-order valence-corrected chi connectivity index (χ0v) is 32.2. The first-order valence-corrected chi connectivity index (χ1v) is 19.0. The molecule has 310 valence electrons. The number of hydrogen-bond donors (Lipinski definition) is 11. The third kappa shape index (κ3) is 15.2. The summed E-state index contributed by atoms with van der Waals surface area (Å²) in [4.78, 5) is 94.5. The first kappa shape index (κ1) is 45.4. The minimum Gasteiger partial charge on any atom is -0.508 e. The molecule has 3 aromatic rings. The lowest BCUT2D eigenvalue weighted by Crippen LogP contribution is -2.59. The van der Waals surface area contributed by atoms with Crippen LogP contribution in [0.3, 0.4) is 0 Å². The Kier molecular flexibility index (Phi) is 18.4. The van der Waals surface area contributed by atoms with Crippen molar-refractivity contribution in [3.63, 3.8) is 0 Å². The molecule has 57 heavy (non-hydrogen) atoms. The van der Waals surface area contributed by atoms with Crippen molar-refractivity contribution in [2.75, 3.05) is 13.1 Å². The Hall–Kier alpha value is -6.01. The maximum absolute atomic E-state index is 13.9. The van der Waals surface area contributed by atoms with Gasteiger partial charge in [0, 0.05) is 43.3 Å². The molecule has 0 aliphatic carbocycles. The van der Waals surface area contributed by atoms with Gasteiger partial charge in [-0.05, 0) is 87.4 Å². The second-order valence-corrected chi connectivity index (χ2v) is 13.9. The molecule has 0 bridgehead atoms. The molecule has 0 fully saturated rings. The smallest absolute Gasteiger partial charge is 0.243 e. The molecule has 7 amide bonds. The van der Waals surface area contributed by atoms with Crippen LogP contribution in [0.4, 0.5) is 0 Å². The van der Waals surface area contributed by atoms with Crippen LogP contribution in [0.25, 0.3) is 10.9 Å². The number of primary amides is 2. The number of phenols is 1. The van der Waals surface area contributed by atoms with E-state index in [-0.39, 0.29) is 44.3 Å². The Morgan fingerprint density at radius 2 is 1.14 bits per heavy atom. The van der Waals surface area contributed by atoms with Crippen molar-refractivity contribution in [1.82, 2.24) is 31.6 Å². The Balaban J connectivity index is 1.82. The Morgan fingerprint density at radius 1 is 0.632 bits per heavy atom. The van der Waals surface area contributed by atoms with Crippen LogP contribution >= 0.6 is 0 Å². The number of carbonyl (C=O) groups is 7. The lowest BCUT2D eigenvalue weighted by atomic mass is 10.0. The number of nitrogens with two attached hydrogens (primary N) is 4. The van der Waals surface area contributed by atoms with Gasteiger partial charge in [0.1, 0.15) is 36.0 Å². The van der Waals surface area contributed by atoms with Crippen molar-refractivity contribution in [3.8, 4) is 5.75 Å². The number of aromatic nitrogens is 1. The second kappa shape index (κ2) is 23.2. The molecule has 3 rings (SSSR count). The first-order chi connectivity index (χ1) is 27.2. The van der Waals surface area contributed by atoms with E-state index >= 15 is 0 Å². The molecular weight excluding hydrogens is 736 g/mol. The van der Waals surface area contributed by atoms with Crippen LogP contribution in [-0.2, 0) is 46.4 Å². The fourth-order valence-corrected chi connectivity index (χ4v) is 6.23. The Morgan fingerprint density at radius 3 is 1.65 bits per heavy atom. The van der Waals surface area contributed by atoms with Crippen molar-refractivity contribution >= 4 is 52.3 Å². The Bertz CT molecular complexity index is 1830. The van der Waals surface area contributed by atoms with Crippen molar-refractivity contribution in [1.29, 1.82) is 0 Å². The van der Waals surface area contributed by atoms with Crippen LogP contribution in [0, 0.1) is 0 Å². The van der Waals surface area contributed by atoms with E-state index in [0.29, 0.717) is 44.3 Å². The average Bonchev–Trinajstić information content (AvgIpc) is 3.58. The summed E-state index contributed by atoms with van der Waals surface area (Å²) in [6.07, 6.45) is 3.47. The number of unbranched alkanes of at least 4 members (excludes halogenated alkanes) is 2. The summed E-state index contributed by atoms with van der Waals surface area (Å²) < 4.78 is 0. The number of carbonyl (C=O) groups excluding carboxylic acids is 7. The molecule has 18 nitrogen and oxygen atoms in total. The summed E-state index contributed by atoms with van der Waals surface area (Å²) >= 11 is 0. The number of nitrogens with one attached hydrogen (secondary N) is 6. The lowest BCUT2D eigenvalue weighted by molar-refractivity contribution is -0.135. The molecule has 5 atom stereocenters. The monoisotopic (exact) mass is 792 g/mol. The van der Waals surface area contributed by atoms with E-state index in [0.717, 1.165) is 16.5 Å². The molecule has 1 aromatic heterocycles. The minimum atomic E-state index is -1.37. The van der Waals surface area contributed by atoms with E-state index in [9.17, 15) is 38.7 Å². The molecule has 15 N–H and O–H groups in total. The molecule has 0 radical (unpaired) electrons. The quantitative estimate of drug-likeness (QED) is 0.0470. The van der Waals surface area contributed by atoms with Gasteiger partial charge in [-0.25, -0.2) is 0 Å². The van der Waals surface area contributed by atoms with Crippen molar-refractivity contribution in [2.45, 2.75) is 101 Å². The van der Waals surface area contributed by atoms with E-state index in [2.05, 4.69) is 31.6 Å². The van der Waals surface area contributed by atoms with E-state index in [1.165, 1.54) is 19.1 Å². The number of benzene rings is 2. The van der Waals surface area contributed by atoms with Crippen LogP contribution < -0.4 is 49.5 Å². The summed E-state index contributed by atoms with van der Waals surface area (Å²) in [6.45, 7) is 1.92. The van der Waals surface area contributed by atoms with E-state index in [4.69, 9.17) is 22.9 Å². The number of para-hydroxylation sites is 1. The van der Waals surface area contributed by atoms with Gasteiger partial charge in [-0.3, -0.25) is 33.6 Å². The number of hydrogen-bond acceptors (Lipinski definition) is 10. The molecule has 0 spiro atoms. The molecule has 0 aliphatic rings. The third-order valence-corrected chi connectivity index (χ3v) is 9.30. The highest BCUT2D eigenvalue weighted by Crippen LogP contribution is 2.20. The van der Waals surface area contributed by atoms with Crippen molar-refractivity contribution in [2.24, 2.45) is 22.9 Å². The molecule has 0 saturated carbocycles. The molecule has 0 aliphatic heterocycles. The van der Waals surface area contributed by atoms with Gasteiger partial charge >= 0.3 is 0 Å². The van der Waals surface area contributed by atoms with Gasteiger partial charge in [-0.15, -0.1) is 0 Å². The SMILES string of the molecule is CC(=O)N[C@@H](Cc1c[nH]c2ccccc12)C(=O)N[C@@H](CCCCN)C(=O)N[C@@H](CCCCN)C(=O)N[C@@H](CCC(N)=O)C(=O)N[C@@H](Cc1ccc(O)cc1)C(N)=O. The van der Waals surface area contributed by atoms with E-state index in [1.807, 2.05) is 24.3 Å². The number of phenolic OH excluding ortho intramolecular Hbond substituents is 1. The highest BCUT2D eigenvalue weighted by atomic mass is 16.3. The Labute approximate surface area is 331 Å². The largest absolute Gasteiger partial charge is 0.508 e. The standard InChI is InChI=1S/C39H56N10O8/c1-23(50)45-33(21-25-22-44-28-9-3-2-8-27(25)28)39(57)47-30(11-5-7-19-41)36(54)46-29(10-4-6-18-40)37(55)48-31(16-17-34(42)52)38(56)49-32(35(43)53)20-24-12-14-26(51)15-13-24/h2-3,8-9,12-15,22,29-33,44,51H,4-7,10-11,16-21,40-41H2,1H3,(H2,42,52)(H2,43,53)(H,45,50)(H,46,54)(H,47,57)(H,48,55)(H,49,56)/t29-,30-,31-,32-,33-/m0/s1. The number of rotatable bonds is 25. The van der Waals surface area contributed by atoms with E-state index in [1.54, 1.807) is 18.3 Å². The van der Waals surface area contributed by atoms with Crippen LogP contribution in [0.1, 0.15) is 69.4 Å². The topological polar surface area (TPSA) is 320 Å². The summed E-state index contributed by atoms with van der Waals surface area (Å²) in [5, 5.41) is 23.7. The fourth-order valence-electron chi connectivity index (χ4n) is 6.23. The fraction of sp³-hybridized carbons (Fsp3) is 0.462. The predicted octanol–water partition coefficient (Wildman–Crippen LogP) is -0.889. The molecule has 0 saturated heterocycles. The number of fused-ring (bicyclic) bond motifs is 1. The minimum absolute atomic E-state index is 0.000598. The number of amides is 7. The van der Waals surface area contributed by atoms with Gasteiger partial charge in [0.2, 0.25) is 41.4 Å². The van der Waals surface area contributed by atoms with Gasteiger partial charge in [0.05, 0.1) is 0 Å². The molecular formula is C39H56N10O8. The summed E-state index contributed by atoms with van der Waals surface area (Å²) in [5.41, 5.74) is 24.6. The van der Waals surface area contributed by atoms with Gasteiger partial charge in [-0.2, -0.15) is 0 Å². The van der Waals surface area contributed by atoms with E-state index < -0.39 is 71.6 Å². The van der Waals surface area contributed by atoms with Crippen LogP contribution in [-0.4, -0.2) is 94.7 Å². The summed E-state index contributed by atoms with van der Waals surface area (Å²) in [6, 6.07) is 7.42. The van der Waals surface area contributed by atoms with Crippen LogP contribution in [0.5, 0.6) is 5.75 Å². The molecule has 0 unspecified atom stereocenters. The van der Waals surface area contributed by atoms with Gasteiger partial charge in [0.25, 0.3) is 0 Å². The molecule has 1 heterocycles. The normalized spacial score (nSPS) is 13.7. The third-order valence-electron chi connectivity index (χ3n) is 9.30. The number of H-pyrrole nitrogens is 1. The maximum atomic E-state index is 13.9. The predicted molar refractivity (Wildman–Crippen MR) is 213 cm³/mol. The summed E-state index contributed by atoms with van der Waals surface area (Å²) in [7, 11) is 0. The van der Waals surface area contributed by atoms with Crippen LogP contribution in [0.2, 0.25) is 0 Å². The molecule has 18 heteroatoms. The maximum Gasteiger partial charge on any atom is 0.243 e. The highest BCUT2D eigenvalue weighted by molar-refractivity contribution is 5.96. The van der Waals surface area contributed by atoms with Crippen LogP contribution in [0.15, 0.2) is 54.7 Å². The number of aromatic hydroxyl groups is 1. The van der Waals surface area contributed by atoms with Gasteiger partial charge < -0.3 is 59.6 Å². The number of aromatic amines is 1. The zero-order chi connectivity index (χ0) is 41.9. The van der Waals surface area contributed by atoms with Gasteiger partial charge in [-0.1, -0.05) is 30.3 Å². The molecule has 2 aromatic carbocycles. The second-order valence-electron chi connectivity index (χ2n) is 13.9. The van der Waals surface area contributed by atoms with Crippen molar-refractivity contribution < 1.29 is 38.7 Å². The summed E-state index contributed by atoms with van der Waals surface area (Å²) in [5.74, 6) is -4.98. The average molecular weight is 793 g/mol. The highest BCUT2D eigenvalue weighted by Gasteiger charge is 2.32. The van der Waals surface area contributed by atoms with Crippen molar-refractivity contribution in [3.05, 3.63) is 65.9 Å².